The number of hydrogen-bond donors (Lipinski definition) is 1. The minimum absolute atomic E-state index is 0.0801. The first-order chi connectivity index (χ1) is 12.1. The first-order valence-corrected chi connectivity index (χ1v) is 8.24. The van der Waals surface area contributed by atoms with Crippen LogP contribution in [-0.2, 0) is 0 Å². The van der Waals surface area contributed by atoms with Crippen LogP contribution in [0.15, 0.2) is 36.5 Å². The minimum atomic E-state index is -0.0801. The van der Waals surface area contributed by atoms with Crippen LogP contribution < -0.4 is 5.32 Å². The fourth-order valence-electron chi connectivity index (χ4n) is 2.62. The molecule has 0 aliphatic heterocycles. The summed E-state index contributed by atoms with van der Waals surface area (Å²) in [7, 11) is 0. The molecule has 0 bridgehead atoms. The maximum Gasteiger partial charge on any atom is 0.251 e. The van der Waals surface area contributed by atoms with Gasteiger partial charge in [-0.05, 0) is 66.9 Å². The maximum absolute atomic E-state index is 12.5. The molecule has 2 aromatic heterocycles. The largest absolute Gasteiger partial charge is 0.349 e. The monoisotopic (exact) mass is 334 g/mol. The normalized spacial score (nSPS) is 13.7. The molecule has 4 rings (SSSR count). The van der Waals surface area contributed by atoms with Crippen molar-refractivity contribution in [2.75, 3.05) is 0 Å². The summed E-state index contributed by atoms with van der Waals surface area (Å²) in [6.45, 7) is 3.81. The fraction of sp³-hybridized carbons (Fsp3) is 0.278. The molecule has 7 nitrogen and oxygen atoms in total. The zero-order chi connectivity index (χ0) is 17.4. The maximum atomic E-state index is 12.5. The lowest BCUT2D eigenvalue weighted by Gasteiger charge is -2.10. The van der Waals surface area contributed by atoms with E-state index in [1.807, 2.05) is 44.3 Å². The van der Waals surface area contributed by atoms with Crippen LogP contribution in [0.1, 0.15) is 34.6 Å². The molecule has 25 heavy (non-hydrogen) atoms. The zero-order valence-corrected chi connectivity index (χ0v) is 14.1. The second kappa shape index (κ2) is 6.08. The van der Waals surface area contributed by atoms with Crippen molar-refractivity contribution in [1.82, 2.24) is 30.5 Å². The van der Waals surface area contributed by atoms with Crippen LogP contribution >= 0.6 is 0 Å². The van der Waals surface area contributed by atoms with Gasteiger partial charge in [-0.1, -0.05) is 6.07 Å². The number of nitrogens with one attached hydrogen (secondary N) is 1. The summed E-state index contributed by atoms with van der Waals surface area (Å²) >= 11 is 0. The molecule has 0 unspecified atom stereocenters. The summed E-state index contributed by atoms with van der Waals surface area (Å²) in [6.07, 6.45) is 3.90. The van der Waals surface area contributed by atoms with Crippen molar-refractivity contribution in [3.63, 3.8) is 0 Å². The van der Waals surface area contributed by atoms with E-state index in [-0.39, 0.29) is 5.91 Å². The Bertz CT molecular complexity index is 927. The molecular weight excluding hydrogens is 316 g/mol. The Hall–Kier alpha value is -3.09. The van der Waals surface area contributed by atoms with Crippen molar-refractivity contribution in [3.05, 3.63) is 53.5 Å². The van der Waals surface area contributed by atoms with Crippen molar-refractivity contribution in [2.45, 2.75) is 32.7 Å². The topological polar surface area (TPSA) is 85.6 Å². The van der Waals surface area contributed by atoms with Crippen LogP contribution in [0.25, 0.3) is 16.9 Å². The summed E-state index contributed by atoms with van der Waals surface area (Å²) in [5, 5.41) is 14.7. The molecule has 0 spiro atoms. The number of rotatable bonds is 4. The van der Waals surface area contributed by atoms with Gasteiger partial charge in [-0.25, -0.2) is 0 Å². The first-order valence-electron chi connectivity index (χ1n) is 8.24. The third-order valence-electron chi connectivity index (χ3n) is 4.17. The van der Waals surface area contributed by atoms with Gasteiger partial charge < -0.3 is 5.32 Å². The average molecular weight is 334 g/mol. The molecule has 1 aliphatic rings. The second-order valence-corrected chi connectivity index (χ2v) is 6.37. The summed E-state index contributed by atoms with van der Waals surface area (Å²) in [5.74, 6) is 0.575. The number of carbonyl (C=O) groups excluding carboxylic acids is 1. The van der Waals surface area contributed by atoms with Gasteiger partial charge in [0.15, 0.2) is 5.82 Å². The van der Waals surface area contributed by atoms with Gasteiger partial charge in [0.2, 0.25) is 0 Å². The van der Waals surface area contributed by atoms with Crippen molar-refractivity contribution in [3.8, 4) is 16.9 Å². The fourth-order valence-corrected chi connectivity index (χ4v) is 2.62. The Morgan fingerprint density at radius 1 is 1.20 bits per heavy atom. The number of aryl methyl sites for hydroxylation is 2. The smallest absolute Gasteiger partial charge is 0.251 e. The number of pyridine rings is 1. The lowest BCUT2D eigenvalue weighted by Crippen LogP contribution is -2.25. The molecule has 3 aromatic rings. The van der Waals surface area contributed by atoms with Gasteiger partial charge >= 0.3 is 0 Å². The predicted molar refractivity (Wildman–Crippen MR) is 92.3 cm³/mol. The van der Waals surface area contributed by atoms with Gasteiger partial charge in [-0.3, -0.25) is 9.78 Å². The molecule has 0 saturated heterocycles. The number of hydrogen-bond acceptors (Lipinski definition) is 5. The van der Waals surface area contributed by atoms with E-state index in [4.69, 9.17) is 0 Å². The lowest BCUT2D eigenvalue weighted by atomic mass is 10.0. The van der Waals surface area contributed by atoms with Crippen molar-refractivity contribution in [2.24, 2.45) is 0 Å². The summed E-state index contributed by atoms with van der Waals surface area (Å²) in [4.78, 5) is 17.0. The zero-order valence-electron chi connectivity index (χ0n) is 14.1. The van der Waals surface area contributed by atoms with Gasteiger partial charge in [0, 0.05) is 23.4 Å². The highest BCUT2D eigenvalue weighted by atomic mass is 16.1. The van der Waals surface area contributed by atoms with Gasteiger partial charge in [-0.15, -0.1) is 5.10 Å². The quantitative estimate of drug-likeness (QED) is 0.791. The van der Waals surface area contributed by atoms with Crippen LogP contribution in [-0.4, -0.2) is 37.1 Å². The molecule has 126 valence electrons. The highest BCUT2D eigenvalue weighted by Crippen LogP contribution is 2.25. The SMILES string of the molecule is Cc1ccc(-c2cc(C(=O)NC3CC3)cc(-n3nnnc3C)c2)nc1. The van der Waals surface area contributed by atoms with E-state index in [0.29, 0.717) is 17.4 Å². The molecule has 1 saturated carbocycles. The molecule has 1 N–H and O–H groups in total. The highest BCUT2D eigenvalue weighted by Gasteiger charge is 2.24. The van der Waals surface area contributed by atoms with Crippen LogP contribution in [0.5, 0.6) is 0 Å². The summed E-state index contributed by atoms with van der Waals surface area (Å²) in [5.41, 5.74) is 4.06. The van der Waals surface area contributed by atoms with Crippen LogP contribution in [0.3, 0.4) is 0 Å². The highest BCUT2D eigenvalue weighted by molar-refractivity contribution is 5.96. The Morgan fingerprint density at radius 3 is 2.68 bits per heavy atom. The van der Waals surface area contributed by atoms with E-state index < -0.39 is 0 Å². The number of benzene rings is 1. The van der Waals surface area contributed by atoms with Gasteiger partial charge in [0.05, 0.1) is 11.4 Å². The summed E-state index contributed by atoms with van der Waals surface area (Å²) < 4.78 is 1.62. The van der Waals surface area contributed by atoms with Gasteiger partial charge in [0.25, 0.3) is 5.91 Å². The molecule has 1 aromatic carbocycles. The van der Waals surface area contributed by atoms with Crippen LogP contribution in [0.2, 0.25) is 0 Å². The third kappa shape index (κ3) is 3.26. The number of carbonyl (C=O) groups is 1. The van der Waals surface area contributed by atoms with Gasteiger partial charge in [-0.2, -0.15) is 4.68 Å². The molecule has 1 amide bonds. The Morgan fingerprint density at radius 2 is 2.04 bits per heavy atom. The van der Waals surface area contributed by atoms with Crippen molar-refractivity contribution in [1.29, 1.82) is 0 Å². The van der Waals surface area contributed by atoms with E-state index in [1.165, 1.54) is 0 Å². The van der Waals surface area contributed by atoms with Crippen LogP contribution in [0.4, 0.5) is 0 Å². The summed E-state index contributed by atoms with van der Waals surface area (Å²) in [6, 6.07) is 9.85. The van der Waals surface area contributed by atoms with Gasteiger partial charge in [0.1, 0.15) is 0 Å². The molecule has 7 heteroatoms. The molecule has 1 fully saturated rings. The third-order valence-corrected chi connectivity index (χ3v) is 4.17. The molecular formula is C18H18N6O. The molecule has 1 aliphatic carbocycles. The molecule has 0 radical (unpaired) electrons. The van der Waals surface area contributed by atoms with Crippen molar-refractivity contribution >= 4 is 5.91 Å². The van der Waals surface area contributed by atoms with E-state index in [1.54, 1.807) is 10.7 Å². The van der Waals surface area contributed by atoms with E-state index in [9.17, 15) is 4.79 Å². The van der Waals surface area contributed by atoms with Crippen LogP contribution in [0, 0.1) is 13.8 Å². The average Bonchev–Trinajstić information content (AvgIpc) is 3.32. The number of nitrogens with zero attached hydrogens (tertiary/aromatic N) is 5. The second-order valence-electron chi connectivity index (χ2n) is 6.37. The standard InChI is InChI=1S/C18H18N6O/c1-11-3-6-17(19-10-11)13-7-14(18(25)20-15-4-5-15)9-16(8-13)24-12(2)21-22-23-24/h3,6-10,15H,4-5H2,1-2H3,(H,20,25). The minimum Gasteiger partial charge on any atom is -0.349 e. The first kappa shape index (κ1) is 15.4. The molecule has 0 atom stereocenters. The predicted octanol–water partition coefficient (Wildman–Crippen LogP) is 2.23. The Labute approximate surface area is 145 Å². The Kier molecular flexibility index (Phi) is 3.76. The lowest BCUT2D eigenvalue weighted by molar-refractivity contribution is 0.0951. The number of aromatic nitrogens is 5. The van der Waals surface area contributed by atoms with E-state index in [2.05, 4.69) is 25.8 Å². The molecule has 2 heterocycles. The van der Waals surface area contributed by atoms with Crippen molar-refractivity contribution < 1.29 is 4.79 Å². The number of tetrazole rings is 1. The van der Waals surface area contributed by atoms with E-state index >= 15 is 0 Å². The number of amides is 1. The Balaban J connectivity index is 1.80. The van der Waals surface area contributed by atoms with E-state index in [0.717, 1.165) is 35.3 Å².